The quantitative estimate of drug-likeness (QED) is 0.589. The average molecular weight is 165 g/mol. The lowest BCUT2D eigenvalue weighted by molar-refractivity contribution is 0.506. The molecule has 0 saturated heterocycles. The van der Waals surface area contributed by atoms with E-state index in [2.05, 4.69) is 11.4 Å². The van der Waals surface area contributed by atoms with Crippen molar-refractivity contribution < 1.29 is 0 Å². The Morgan fingerprint density at radius 2 is 1.83 bits per heavy atom. The van der Waals surface area contributed by atoms with E-state index in [1.165, 1.54) is 51.5 Å². The van der Waals surface area contributed by atoms with E-state index < -0.39 is 0 Å². The van der Waals surface area contributed by atoms with Crippen molar-refractivity contribution in [2.75, 3.05) is 6.54 Å². The van der Waals surface area contributed by atoms with Crippen LogP contribution in [0.5, 0.6) is 0 Å². The van der Waals surface area contributed by atoms with Crippen LogP contribution in [-0.2, 0) is 0 Å². The summed E-state index contributed by atoms with van der Waals surface area (Å²) in [7, 11) is 0. The van der Waals surface area contributed by atoms with Gasteiger partial charge in [-0.2, -0.15) is 0 Å². The fraction of sp³-hybridized carbons (Fsp3) is 0.818. The summed E-state index contributed by atoms with van der Waals surface area (Å²) in [6, 6.07) is 0. The molecule has 0 unspecified atom stereocenters. The molecule has 68 valence electrons. The van der Waals surface area contributed by atoms with E-state index >= 15 is 0 Å². The molecule has 0 aromatic carbocycles. The minimum atomic E-state index is 0.884. The molecule has 0 bridgehead atoms. The molecule has 1 aliphatic carbocycles. The summed E-state index contributed by atoms with van der Waals surface area (Å²) in [6.07, 6.45) is 12.3. The molecule has 1 saturated carbocycles. The Morgan fingerprint density at radius 1 is 1.08 bits per heavy atom. The highest BCUT2D eigenvalue weighted by atomic mass is 14.9. The molecule has 1 fully saturated rings. The van der Waals surface area contributed by atoms with Crippen LogP contribution in [0.1, 0.15) is 44.9 Å². The third-order valence-corrected chi connectivity index (χ3v) is 3.13. The maximum Gasteiger partial charge on any atom is 0.0179 e. The summed E-state index contributed by atoms with van der Waals surface area (Å²) in [6.45, 7) is 1.19. The van der Waals surface area contributed by atoms with Crippen molar-refractivity contribution in [1.29, 1.82) is 0 Å². The van der Waals surface area contributed by atoms with Crippen LogP contribution in [0.2, 0.25) is 0 Å². The van der Waals surface area contributed by atoms with Crippen molar-refractivity contribution in [2.24, 2.45) is 5.92 Å². The smallest absolute Gasteiger partial charge is 0.0179 e. The lowest BCUT2D eigenvalue weighted by Gasteiger charge is -2.15. The van der Waals surface area contributed by atoms with Gasteiger partial charge in [0, 0.05) is 12.2 Å². The Labute approximate surface area is 75.2 Å². The normalized spacial score (nSPS) is 26.2. The molecule has 0 aromatic heterocycles. The van der Waals surface area contributed by atoms with Crippen LogP contribution in [0.25, 0.3) is 0 Å². The Morgan fingerprint density at radius 3 is 2.42 bits per heavy atom. The van der Waals surface area contributed by atoms with E-state index in [9.17, 15) is 0 Å². The number of rotatable bonds is 1. The second kappa shape index (κ2) is 3.97. The monoisotopic (exact) mass is 165 g/mol. The number of nitrogens with one attached hydrogen (secondary N) is 1. The summed E-state index contributed by atoms with van der Waals surface area (Å²) < 4.78 is 0. The van der Waals surface area contributed by atoms with Crippen molar-refractivity contribution in [3.05, 3.63) is 11.8 Å². The van der Waals surface area contributed by atoms with Gasteiger partial charge in [-0.3, -0.25) is 0 Å². The molecular weight excluding hydrogens is 146 g/mol. The Hall–Kier alpha value is -0.460. The first kappa shape index (κ1) is 8.15. The molecule has 0 amide bonds. The molecule has 12 heavy (non-hydrogen) atoms. The topological polar surface area (TPSA) is 12.0 Å². The molecule has 0 spiro atoms. The van der Waals surface area contributed by atoms with Gasteiger partial charge in [0.1, 0.15) is 0 Å². The minimum Gasteiger partial charge on any atom is -0.388 e. The van der Waals surface area contributed by atoms with Gasteiger partial charge in [0.05, 0.1) is 0 Å². The first-order chi connectivity index (χ1) is 5.97. The van der Waals surface area contributed by atoms with E-state index in [1.807, 2.05) is 0 Å². The minimum absolute atomic E-state index is 0.884. The van der Waals surface area contributed by atoms with E-state index in [-0.39, 0.29) is 0 Å². The lowest BCUT2D eigenvalue weighted by Crippen LogP contribution is -2.15. The molecule has 1 aliphatic heterocycles. The molecule has 0 atom stereocenters. The van der Waals surface area contributed by atoms with Crippen molar-refractivity contribution in [3.8, 4) is 0 Å². The number of allylic oxidation sites excluding steroid dienone is 1. The van der Waals surface area contributed by atoms with Gasteiger partial charge in [-0.15, -0.1) is 0 Å². The van der Waals surface area contributed by atoms with Gasteiger partial charge < -0.3 is 5.32 Å². The maximum atomic E-state index is 3.52. The zero-order valence-corrected chi connectivity index (χ0v) is 7.81. The van der Waals surface area contributed by atoms with Crippen LogP contribution in [0, 0.1) is 5.92 Å². The highest BCUT2D eigenvalue weighted by Gasteiger charge is 2.17. The van der Waals surface area contributed by atoms with Crippen LogP contribution >= 0.6 is 0 Å². The molecule has 2 aliphatic rings. The largest absolute Gasteiger partial charge is 0.388 e. The van der Waals surface area contributed by atoms with Gasteiger partial charge in [0.15, 0.2) is 0 Å². The second-order valence-electron chi connectivity index (χ2n) is 4.06. The zero-order valence-electron chi connectivity index (χ0n) is 7.81. The summed E-state index contributed by atoms with van der Waals surface area (Å²) >= 11 is 0. The van der Waals surface area contributed by atoms with E-state index in [4.69, 9.17) is 0 Å². The standard InChI is InChI=1S/C11H19N/c1-2-4-7-10(6-3-1)11-8-5-9-12-11/h8,10,12H,1-7,9H2. The second-order valence-corrected chi connectivity index (χ2v) is 4.06. The van der Waals surface area contributed by atoms with Gasteiger partial charge in [0.25, 0.3) is 0 Å². The van der Waals surface area contributed by atoms with E-state index in [0.717, 1.165) is 5.92 Å². The Bertz CT molecular complexity index is 164. The summed E-state index contributed by atoms with van der Waals surface area (Å²) in [5.41, 5.74) is 1.57. The summed E-state index contributed by atoms with van der Waals surface area (Å²) in [4.78, 5) is 0. The lowest BCUT2D eigenvalue weighted by atomic mass is 9.97. The van der Waals surface area contributed by atoms with E-state index in [0.29, 0.717) is 0 Å². The third kappa shape index (κ3) is 1.82. The number of hydrogen-bond donors (Lipinski definition) is 1. The Balaban J connectivity index is 1.91. The zero-order chi connectivity index (χ0) is 8.23. The van der Waals surface area contributed by atoms with Crippen molar-refractivity contribution in [2.45, 2.75) is 44.9 Å². The molecule has 2 rings (SSSR count). The fourth-order valence-electron chi connectivity index (χ4n) is 2.42. The van der Waals surface area contributed by atoms with E-state index in [1.54, 1.807) is 5.70 Å². The van der Waals surface area contributed by atoms with Crippen molar-refractivity contribution in [3.63, 3.8) is 0 Å². The SMILES string of the molecule is C1=C(C2CCCCCC2)NCC1. The summed E-state index contributed by atoms with van der Waals surface area (Å²) in [5.74, 6) is 0.884. The molecule has 0 radical (unpaired) electrons. The molecule has 1 heterocycles. The average Bonchev–Trinajstić information content (AvgIpc) is 2.48. The number of hydrogen-bond acceptors (Lipinski definition) is 1. The van der Waals surface area contributed by atoms with Crippen LogP contribution in [0.15, 0.2) is 11.8 Å². The fourth-order valence-corrected chi connectivity index (χ4v) is 2.42. The molecule has 1 nitrogen and oxygen atoms in total. The van der Waals surface area contributed by atoms with Crippen molar-refractivity contribution >= 4 is 0 Å². The van der Waals surface area contributed by atoms with Gasteiger partial charge in [-0.1, -0.05) is 31.8 Å². The van der Waals surface area contributed by atoms with Crippen LogP contribution in [0.3, 0.4) is 0 Å². The van der Waals surface area contributed by atoms with Crippen LogP contribution in [-0.4, -0.2) is 6.54 Å². The molecular formula is C11H19N. The molecule has 1 N–H and O–H groups in total. The maximum absolute atomic E-state index is 3.52. The van der Waals surface area contributed by atoms with Gasteiger partial charge in [-0.25, -0.2) is 0 Å². The summed E-state index contributed by atoms with van der Waals surface area (Å²) in [5, 5.41) is 3.52. The van der Waals surface area contributed by atoms with Gasteiger partial charge >= 0.3 is 0 Å². The Kier molecular flexibility index (Phi) is 2.70. The van der Waals surface area contributed by atoms with Gasteiger partial charge in [-0.05, 0) is 25.2 Å². The molecule has 0 aromatic rings. The first-order valence-electron chi connectivity index (χ1n) is 5.41. The van der Waals surface area contributed by atoms with Crippen molar-refractivity contribution in [1.82, 2.24) is 5.32 Å². The highest BCUT2D eigenvalue weighted by molar-refractivity contribution is 5.09. The molecule has 1 heteroatoms. The predicted molar refractivity (Wildman–Crippen MR) is 51.9 cm³/mol. The first-order valence-corrected chi connectivity index (χ1v) is 5.41. The third-order valence-electron chi connectivity index (χ3n) is 3.13. The van der Waals surface area contributed by atoms with Gasteiger partial charge in [0.2, 0.25) is 0 Å². The van der Waals surface area contributed by atoms with Crippen LogP contribution in [0.4, 0.5) is 0 Å². The predicted octanol–water partition coefficient (Wildman–Crippen LogP) is 2.83. The van der Waals surface area contributed by atoms with Crippen LogP contribution < -0.4 is 5.32 Å². The highest BCUT2D eigenvalue weighted by Crippen LogP contribution is 2.28.